The van der Waals surface area contributed by atoms with Gasteiger partial charge in [-0.2, -0.15) is 0 Å². The summed E-state index contributed by atoms with van der Waals surface area (Å²) in [5, 5.41) is 0.645. The van der Waals surface area contributed by atoms with Crippen molar-refractivity contribution in [3.05, 3.63) is 62.7 Å². The summed E-state index contributed by atoms with van der Waals surface area (Å²) in [4.78, 5) is 16.3. The van der Waals surface area contributed by atoms with Crippen molar-refractivity contribution in [3.8, 4) is 11.3 Å². The molecule has 0 amide bonds. The summed E-state index contributed by atoms with van der Waals surface area (Å²) in [6, 6.07) is 10.4. The van der Waals surface area contributed by atoms with Gasteiger partial charge in [0.2, 0.25) is 5.89 Å². The summed E-state index contributed by atoms with van der Waals surface area (Å²) in [7, 11) is 0. The van der Waals surface area contributed by atoms with Crippen LogP contribution in [0.15, 0.2) is 47.0 Å². The Balaban J connectivity index is 1.64. The van der Waals surface area contributed by atoms with E-state index in [1.807, 2.05) is 12.1 Å². The highest BCUT2D eigenvalue weighted by Crippen LogP contribution is 2.24. The predicted octanol–water partition coefficient (Wildman–Crippen LogP) is 5.07. The number of aromatic nitrogens is 1. The van der Waals surface area contributed by atoms with Gasteiger partial charge < -0.3 is 9.15 Å². The zero-order chi connectivity index (χ0) is 15.5. The van der Waals surface area contributed by atoms with Gasteiger partial charge in [0.1, 0.15) is 4.88 Å². The monoisotopic (exact) mass is 353 g/mol. The highest BCUT2D eigenvalue weighted by Gasteiger charge is 2.13. The quantitative estimate of drug-likeness (QED) is 0.614. The van der Waals surface area contributed by atoms with Crippen LogP contribution in [0.1, 0.15) is 15.6 Å². The lowest BCUT2D eigenvalue weighted by Crippen LogP contribution is -2.03. The van der Waals surface area contributed by atoms with Crippen molar-refractivity contribution in [2.75, 3.05) is 0 Å². The van der Waals surface area contributed by atoms with E-state index in [2.05, 4.69) is 4.98 Å². The van der Waals surface area contributed by atoms with Crippen LogP contribution in [0.3, 0.4) is 0 Å². The van der Waals surface area contributed by atoms with E-state index >= 15 is 0 Å². The molecule has 0 unspecified atom stereocenters. The second-order valence-corrected chi connectivity index (χ2v) is 6.46. The molecule has 1 aromatic carbocycles. The van der Waals surface area contributed by atoms with E-state index in [0.717, 1.165) is 16.9 Å². The maximum Gasteiger partial charge on any atom is 0.348 e. The number of benzene rings is 1. The topological polar surface area (TPSA) is 52.3 Å². The zero-order valence-corrected chi connectivity index (χ0v) is 13.4. The smallest absolute Gasteiger partial charge is 0.348 e. The Hall–Kier alpha value is -1.82. The number of halogens is 2. The van der Waals surface area contributed by atoms with Gasteiger partial charge in [-0.1, -0.05) is 23.2 Å². The minimum absolute atomic E-state index is 0.0397. The van der Waals surface area contributed by atoms with E-state index in [1.165, 1.54) is 0 Å². The molecule has 3 aromatic rings. The molecule has 0 atom stereocenters. The Kier molecular flexibility index (Phi) is 4.47. The Morgan fingerprint density at radius 3 is 2.64 bits per heavy atom. The van der Waals surface area contributed by atoms with Crippen LogP contribution in [0, 0.1) is 0 Å². The summed E-state index contributed by atoms with van der Waals surface area (Å²) >= 11 is 12.8. The van der Waals surface area contributed by atoms with Crippen LogP contribution in [0.5, 0.6) is 0 Å². The lowest BCUT2D eigenvalue weighted by atomic mass is 10.2. The second kappa shape index (κ2) is 6.52. The Morgan fingerprint density at radius 1 is 1.18 bits per heavy atom. The number of thiophene rings is 1. The fraction of sp³-hybridized carbons (Fsp3) is 0.0667. The summed E-state index contributed by atoms with van der Waals surface area (Å²) in [5.74, 6) is 0.450. The normalized spacial score (nSPS) is 10.6. The molecule has 7 heteroatoms. The van der Waals surface area contributed by atoms with Crippen molar-refractivity contribution < 1.29 is 13.9 Å². The van der Waals surface area contributed by atoms with Gasteiger partial charge in [-0.25, -0.2) is 9.78 Å². The minimum atomic E-state index is -0.455. The summed E-state index contributed by atoms with van der Waals surface area (Å²) in [6.07, 6.45) is 1.58. The van der Waals surface area contributed by atoms with E-state index in [4.69, 9.17) is 32.4 Å². The number of hydrogen-bond donors (Lipinski definition) is 0. The third-order valence-electron chi connectivity index (χ3n) is 2.78. The van der Waals surface area contributed by atoms with Gasteiger partial charge in [0, 0.05) is 10.6 Å². The molecule has 2 heterocycles. The van der Waals surface area contributed by atoms with Crippen LogP contribution in [0.25, 0.3) is 11.3 Å². The Bertz CT molecular complexity index is 795. The number of esters is 1. The largest absolute Gasteiger partial charge is 0.451 e. The SMILES string of the molecule is O=C(OCc1ncc(-c2ccc(Cl)cc2)o1)c1ccc(Cl)s1. The molecule has 0 aliphatic heterocycles. The third-order valence-corrected chi connectivity index (χ3v) is 4.25. The highest BCUT2D eigenvalue weighted by atomic mass is 35.5. The number of oxazole rings is 1. The standard InChI is InChI=1S/C15H9Cl2NO3S/c16-10-3-1-9(2-4-10)11-7-18-14(21-11)8-20-15(19)12-5-6-13(17)22-12/h1-7H,8H2. The first-order chi connectivity index (χ1) is 10.6. The Labute approximate surface area is 140 Å². The van der Waals surface area contributed by atoms with E-state index in [1.54, 1.807) is 30.5 Å². The molecular weight excluding hydrogens is 345 g/mol. The molecular formula is C15H9Cl2NO3S. The molecule has 2 aromatic heterocycles. The van der Waals surface area contributed by atoms with Crippen molar-refractivity contribution in [2.45, 2.75) is 6.61 Å². The van der Waals surface area contributed by atoms with E-state index in [9.17, 15) is 4.79 Å². The van der Waals surface area contributed by atoms with Crippen LogP contribution in [-0.4, -0.2) is 11.0 Å². The lowest BCUT2D eigenvalue weighted by molar-refractivity contribution is 0.0445. The van der Waals surface area contributed by atoms with Crippen LogP contribution < -0.4 is 0 Å². The van der Waals surface area contributed by atoms with E-state index in [-0.39, 0.29) is 6.61 Å². The molecule has 0 aliphatic rings. The first kappa shape index (κ1) is 15.1. The lowest BCUT2D eigenvalue weighted by Gasteiger charge is -1.99. The number of carbonyl (C=O) groups excluding carboxylic acids is 1. The molecule has 22 heavy (non-hydrogen) atoms. The van der Waals surface area contributed by atoms with E-state index < -0.39 is 5.97 Å². The fourth-order valence-electron chi connectivity index (χ4n) is 1.75. The molecule has 3 rings (SSSR count). The van der Waals surface area contributed by atoms with Crippen LogP contribution in [0.4, 0.5) is 0 Å². The molecule has 0 spiro atoms. The minimum Gasteiger partial charge on any atom is -0.451 e. The second-order valence-electron chi connectivity index (χ2n) is 4.31. The van der Waals surface area contributed by atoms with Gasteiger partial charge in [0.15, 0.2) is 12.4 Å². The number of nitrogens with zero attached hydrogens (tertiary/aromatic N) is 1. The average molecular weight is 354 g/mol. The molecule has 0 radical (unpaired) electrons. The average Bonchev–Trinajstić information content (AvgIpc) is 3.15. The van der Waals surface area contributed by atoms with E-state index in [0.29, 0.717) is 25.9 Å². The van der Waals surface area contributed by atoms with Crippen molar-refractivity contribution in [2.24, 2.45) is 0 Å². The Morgan fingerprint density at radius 2 is 1.95 bits per heavy atom. The van der Waals surface area contributed by atoms with Crippen LogP contribution >= 0.6 is 34.5 Å². The molecule has 4 nitrogen and oxygen atoms in total. The van der Waals surface area contributed by atoms with Gasteiger partial charge in [-0.3, -0.25) is 0 Å². The number of hydrogen-bond acceptors (Lipinski definition) is 5. The number of rotatable bonds is 4. The number of ether oxygens (including phenoxy) is 1. The molecule has 0 N–H and O–H groups in total. The van der Waals surface area contributed by atoms with Crippen molar-refractivity contribution in [3.63, 3.8) is 0 Å². The summed E-state index contributed by atoms with van der Waals surface area (Å²) in [6.45, 7) is -0.0397. The van der Waals surface area contributed by atoms with Crippen molar-refractivity contribution >= 4 is 40.5 Å². The van der Waals surface area contributed by atoms with Gasteiger partial charge in [-0.05, 0) is 36.4 Å². The first-order valence-corrected chi connectivity index (χ1v) is 7.82. The molecule has 112 valence electrons. The summed E-state index contributed by atoms with van der Waals surface area (Å²) < 4.78 is 11.2. The van der Waals surface area contributed by atoms with Crippen molar-refractivity contribution in [1.29, 1.82) is 0 Å². The maximum atomic E-state index is 11.8. The summed E-state index contributed by atoms with van der Waals surface area (Å²) in [5.41, 5.74) is 0.847. The fourth-order valence-corrected chi connectivity index (χ4v) is 2.81. The number of carbonyl (C=O) groups is 1. The first-order valence-electron chi connectivity index (χ1n) is 6.25. The third kappa shape index (κ3) is 3.50. The van der Waals surface area contributed by atoms with Crippen LogP contribution in [-0.2, 0) is 11.3 Å². The van der Waals surface area contributed by atoms with Gasteiger partial charge >= 0.3 is 5.97 Å². The molecule has 0 fully saturated rings. The maximum absolute atomic E-state index is 11.8. The molecule has 0 aliphatic carbocycles. The molecule has 0 bridgehead atoms. The predicted molar refractivity (Wildman–Crippen MR) is 85.4 cm³/mol. The zero-order valence-electron chi connectivity index (χ0n) is 11.1. The van der Waals surface area contributed by atoms with Gasteiger partial charge in [0.05, 0.1) is 10.5 Å². The van der Waals surface area contributed by atoms with Gasteiger partial charge in [0.25, 0.3) is 0 Å². The molecule has 0 saturated heterocycles. The van der Waals surface area contributed by atoms with Crippen molar-refractivity contribution in [1.82, 2.24) is 4.98 Å². The molecule has 0 saturated carbocycles. The van der Waals surface area contributed by atoms with Crippen LogP contribution in [0.2, 0.25) is 9.36 Å². The van der Waals surface area contributed by atoms with Gasteiger partial charge in [-0.15, -0.1) is 11.3 Å². The highest BCUT2D eigenvalue weighted by molar-refractivity contribution is 7.17.